The van der Waals surface area contributed by atoms with Gasteiger partial charge in [0.2, 0.25) is 0 Å². The maximum atomic E-state index is 11.1. The SMILES string of the molecule is N#Cc1ccc(CCl)c(O)c1S(=O)(=O)Cl. The van der Waals surface area contributed by atoms with Gasteiger partial charge in [0.25, 0.3) is 9.05 Å². The predicted octanol–water partition coefficient (Wildman–Crippen LogP) is 1.93. The molecule has 0 saturated heterocycles. The lowest BCUT2D eigenvalue weighted by Crippen LogP contribution is -1.98. The zero-order valence-corrected chi connectivity index (χ0v) is 9.57. The maximum absolute atomic E-state index is 11.1. The molecule has 0 bridgehead atoms. The molecule has 0 amide bonds. The fourth-order valence-electron chi connectivity index (χ4n) is 1.05. The van der Waals surface area contributed by atoms with Crippen molar-refractivity contribution in [1.29, 1.82) is 5.26 Å². The van der Waals surface area contributed by atoms with Crippen LogP contribution in [0.1, 0.15) is 11.1 Å². The second kappa shape index (κ2) is 4.27. The van der Waals surface area contributed by atoms with Crippen molar-refractivity contribution in [2.24, 2.45) is 0 Å². The summed E-state index contributed by atoms with van der Waals surface area (Å²) in [5.41, 5.74) is -0.00809. The van der Waals surface area contributed by atoms with E-state index in [1.54, 1.807) is 6.07 Å². The van der Waals surface area contributed by atoms with E-state index in [0.717, 1.165) is 0 Å². The van der Waals surface area contributed by atoms with Gasteiger partial charge in [-0.25, -0.2) is 8.42 Å². The molecule has 1 aromatic rings. The zero-order chi connectivity index (χ0) is 11.6. The minimum atomic E-state index is -4.17. The fourth-order valence-corrected chi connectivity index (χ4v) is 2.48. The number of phenolic OH excluding ortho intramolecular Hbond substituents is 1. The molecule has 1 rings (SSSR count). The average Bonchev–Trinajstić information content (AvgIpc) is 2.15. The number of phenols is 1. The Balaban J connectivity index is 3.67. The monoisotopic (exact) mass is 265 g/mol. The molecule has 0 aliphatic rings. The highest BCUT2D eigenvalue weighted by atomic mass is 35.7. The number of hydrogen-bond donors (Lipinski definition) is 1. The summed E-state index contributed by atoms with van der Waals surface area (Å²) < 4.78 is 22.2. The first-order valence-electron chi connectivity index (χ1n) is 3.67. The van der Waals surface area contributed by atoms with E-state index < -0.39 is 19.7 Å². The molecule has 0 aliphatic carbocycles. The lowest BCUT2D eigenvalue weighted by molar-refractivity contribution is 0.454. The van der Waals surface area contributed by atoms with Gasteiger partial charge in [0.1, 0.15) is 16.7 Å². The molecule has 0 spiro atoms. The summed E-state index contributed by atoms with van der Waals surface area (Å²) in [6.07, 6.45) is 0. The lowest BCUT2D eigenvalue weighted by atomic mass is 10.1. The van der Waals surface area contributed by atoms with Crippen LogP contribution in [-0.2, 0) is 14.9 Å². The predicted molar refractivity (Wildman–Crippen MR) is 55.4 cm³/mol. The van der Waals surface area contributed by atoms with Gasteiger partial charge in [-0.2, -0.15) is 5.26 Å². The first kappa shape index (κ1) is 12.1. The summed E-state index contributed by atoms with van der Waals surface area (Å²) in [5.74, 6) is -0.643. The average molecular weight is 266 g/mol. The molecule has 0 fully saturated rings. The third kappa shape index (κ3) is 2.34. The Bertz CT molecular complexity index is 534. The summed E-state index contributed by atoms with van der Waals surface area (Å²) in [6, 6.07) is 4.24. The van der Waals surface area contributed by atoms with Crippen LogP contribution < -0.4 is 0 Å². The van der Waals surface area contributed by atoms with Gasteiger partial charge in [0.05, 0.1) is 11.4 Å². The molecule has 80 valence electrons. The molecular weight excluding hydrogens is 261 g/mol. The molecule has 0 aromatic heterocycles. The molecule has 0 unspecified atom stereocenters. The molecular formula is C8H5Cl2NO3S. The van der Waals surface area contributed by atoms with Crippen LogP contribution in [0, 0.1) is 11.3 Å². The van der Waals surface area contributed by atoms with E-state index >= 15 is 0 Å². The van der Waals surface area contributed by atoms with Crippen LogP contribution >= 0.6 is 22.3 Å². The second-order valence-electron chi connectivity index (χ2n) is 2.63. The summed E-state index contributed by atoms with van der Waals surface area (Å²) in [4.78, 5) is -0.593. The molecule has 0 atom stereocenters. The van der Waals surface area contributed by atoms with Gasteiger partial charge >= 0.3 is 0 Å². The molecule has 1 N–H and O–H groups in total. The number of hydrogen-bond acceptors (Lipinski definition) is 4. The van der Waals surface area contributed by atoms with Crippen molar-refractivity contribution >= 4 is 31.3 Å². The van der Waals surface area contributed by atoms with Crippen molar-refractivity contribution in [3.63, 3.8) is 0 Å². The molecule has 0 saturated carbocycles. The Morgan fingerprint density at radius 3 is 2.47 bits per heavy atom. The van der Waals surface area contributed by atoms with Gasteiger partial charge in [0.15, 0.2) is 0 Å². The van der Waals surface area contributed by atoms with Crippen LogP contribution in [0.2, 0.25) is 0 Å². The minimum absolute atomic E-state index is 0.0725. The van der Waals surface area contributed by atoms with Crippen molar-refractivity contribution in [3.8, 4) is 11.8 Å². The second-order valence-corrected chi connectivity index (χ2v) is 5.40. The number of nitrogens with zero attached hydrogens (tertiary/aromatic N) is 1. The van der Waals surface area contributed by atoms with Gasteiger partial charge in [0, 0.05) is 16.2 Å². The van der Waals surface area contributed by atoms with E-state index in [2.05, 4.69) is 0 Å². The highest BCUT2D eigenvalue weighted by Crippen LogP contribution is 2.33. The number of nitriles is 1. The Morgan fingerprint density at radius 1 is 1.47 bits per heavy atom. The van der Waals surface area contributed by atoms with Gasteiger partial charge < -0.3 is 5.11 Å². The van der Waals surface area contributed by atoms with Crippen molar-refractivity contribution in [1.82, 2.24) is 0 Å². The Morgan fingerprint density at radius 2 is 2.07 bits per heavy atom. The molecule has 7 heteroatoms. The van der Waals surface area contributed by atoms with E-state index in [0.29, 0.717) is 0 Å². The van der Waals surface area contributed by atoms with Crippen LogP contribution in [0.4, 0.5) is 0 Å². The minimum Gasteiger partial charge on any atom is -0.506 e. The molecule has 1 aromatic carbocycles. The van der Waals surface area contributed by atoms with Crippen molar-refractivity contribution in [2.45, 2.75) is 10.8 Å². The third-order valence-electron chi connectivity index (χ3n) is 1.72. The Labute approximate surface area is 96.1 Å². The summed E-state index contributed by atoms with van der Waals surface area (Å²) in [7, 11) is 0.927. The van der Waals surface area contributed by atoms with Gasteiger partial charge in [-0.05, 0) is 6.07 Å². The van der Waals surface area contributed by atoms with E-state index in [-0.39, 0.29) is 17.0 Å². The largest absolute Gasteiger partial charge is 0.506 e. The number of rotatable bonds is 2. The molecule has 0 aliphatic heterocycles. The van der Waals surface area contributed by atoms with Gasteiger partial charge in [-0.15, -0.1) is 11.6 Å². The Hall–Kier alpha value is -0.960. The lowest BCUT2D eigenvalue weighted by Gasteiger charge is -2.06. The summed E-state index contributed by atoms with van der Waals surface area (Å²) in [5, 5.41) is 18.2. The van der Waals surface area contributed by atoms with Gasteiger partial charge in [-0.3, -0.25) is 0 Å². The maximum Gasteiger partial charge on any atom is 0.266 e. The van der Waals surface area contributed by atoms with Crippen LogP contribution in [-0.4, -0.2) is 13.5 Å². The third-order valence-corrected chi connectivity index (χ3v) is 3.38. The van der Waals surface area contributed by atoms with E-state index in [1.807, 2.05) is 0 Å². The Kier molecular flexibility index (Phi) is 3.45. The summed E-state index contributed by atoms with van der Waals surface area (Å²) >= 11 is 5.47. The van der Waals surface area contributed by atoms with E-state index in [4.69, 9.17) is 27.5 Å². The number of benzene rings is 1. The summed E-state index contributed by atoms with van der Waals surface area (Å²) in [6.45, 7) is 0. The number of halogens is 2. The van der Waals surface area contributed by atoms with Crippen molar-refractivity contribution in [2.75, 3.05) is 0 Å². The molecule has 15 heavy (non-hydrogen) atoms. The zero-order valence-electron chi connectivity index (χ0n) is 7.24. The van der Waals surface area contributed by atoms with Crippen LogP contribution in [0.15, 0.2) is 17.0 Å². The topological polar surface area (TPSA) is 78.2 Å². The first-order chi connectivity index (χ1) is 6.91. The van der Waals surface area contributed by atoms with Crippen LogP contribution in [0.5, 0.6) is 5.75 Å². The highest BCUT2D eigenvalue weighted by molar-refractivity contribution is 8.13. The van der Waals surface area contributed by atoms with Crippen molar-refractivity contribution in [3.05, 3.63) is 23.3 Å². The van der Waals surface area contributed by atoms with Crippen LogP contribution in [0.3, 0.4) is 0 Å². The molecule has 0 radical (unpaired) electrons. The molecule has 4 nitrogen and oxygen atoms in total. The quantitative estimate of drug-likeness (QED) is 0.655. The fraction of sp³-hybridized carbons (Fsp3) is 0.125. The van der Waals surface area contributed by atoms with E-state index in [1.165, 1.54) is 12.1 Å². The van der Waals surface area contributed by atoms with E-state index in [9.17, 15) is 13.5 Å². The molecule has 0 heterocycles. The highest BCUT2D eigenvalue weighted by Gasteiger charge is 2.22. The number of alkyl halides is 1. The van der Waals surface area contributed by atoms with Crippen LogP contribution in [0.25, 0.3) is 0 Å². The number of aromatic hydroxyl groups is 1. The smallest absolute Gasteiger partial charge is 0.266 e. The van der Waals surface area contributed by atoms with Gasteiger partial charge in [-0.1, -0.05) is 6.07 Å². The normalized spacial score (nSPS) is 11.0. The standard InChI is InChI=1S/C8H5Cl2NO3S/c9-3-5-1-2-6(4-11)8(7(5)12)15(10,13)14/h1-2,12H,3H2. The first-order valence-corrected chi connectivity index (χ1v) is 6.51. The van der Waals surface area contributed by atoms with Crippen molar-refractivity contribution < 1.29 is 13.5 Å².